The van der Waals surface area contributed by atoms with Crippen LogP contribution in [0, 0.1) is 33.5 Å². The maximum Gasteiger partial charge on any atom is 0.312 e. The number of hydrogen-bond acceptors (Lipinski definition) is 5. The smallest absolute Gasteiger partial charge is 0.312 e. The van der Waals surface area contributed by atoms with Crippen LogP contribution in [0.5, 0.6) is 0 Å². The van der Waals surface area contributed by atoms with Crippen LogP contribution in [-0.4, -0.2) is 56.0 Å². The molecule has 1 N–H and O–H groups in total. The molecule has 4 aliphatic carbocycles. The monoisotopic (exact) mass is 430 g/mol. The topological polar surface area (TPSA) is 58.6 Å². The maximum atomic E-state index is 13.5. The number of ketones is 1. The molecule has 5 aliphatic rings. The van der Waals surface area contributed by atoms with Crippen LogP contribution >= 0.6 is 0 Å². The molecule has 31 heavy (non-hydrogen) atoms. The molecule has 0 radical (unpaired) electrons. The Hall–Kier alpha value is -0.940. The highest BCUT2D eigenvalue weighted by atomic mass is 16.5. The molecule has 1 saturated heterocycles. The first-order valence-electron chi connectivity index (χ1n) is 12.9. The van der Waals surface area contributed by atoms with Gasteiger partial charge in [-0.25, -0.2) is 0 Å². The molecule has 5 fully saturated rings. The Morgan fingerprint density at radius 2 is 1.81 bits per heavy atom. The fraction of sp³-hybridized carbons (Fsp3) is 0.923. The molecule has 1 spiro atoms. The third-order valence-electron chi connectivity index (χ3n) is 10.7. The van der Waals surface area contributed by atoms with Crippen LogP contribution in [0.15, 0.2) is 0 Å². The van der Waals surface area contributed by atoms with Crippen molar-refractivity contribution in [3.8, 4) is 0 Å². The van der Waals surface area contributed by atoms with Gasteiger partial charge in [-0.15, -0.1) is 0 Å². The minimum Gasteiger partial charge on any atom is -0.464 e. The maximum absolute atomic E-state index is 13.5. The van der Waals surface area contributed by atoms with Gasteiger partial charge >= 0.3 is 5.97 Å². The number of carbonyl (C=O) groups is 2. The normalized spacial score (nSPS) is 47.5. The van der Waals surface area contributed by atoms with E-state index in [1.807, 2.05) is 0 Å². The number of piperazine rings is 1. The highest BCUT2D eigenvalue weighted by Gasteiger charge is 2.68. The van der Waals surface area contributed by atoms with Gasteiger partial charge in [-0.1, -0.05) is 20.3 Å². The summed E-state index contributed by atoms with van der Waals surface area (Å²) in [5.41, 5.74) is -0.0729. The molecular formula is C26H42N2O3. The first-order chi connectivity index (χ1) is 14.7. The molecule has 0 aromatic carbocycles. The van der Waals surface area contributed by atoms with Crippen molar-refractivity contribution in [3.05, 3.63) is 0 Å². The van der Waals surface area contributed by atoms with E-state index >= 15 is 0 Å². The quantitative estimate of drug-likeness (QED) is 0.688. The van der Waals surface area contributed by atoms with Crippen LogP contribution in [0.1, 0.15) is 78.6 Å². The van der Waals surface area contributed by atoms with Gasteiger partial charge in [0.25, 0.3) is 0 Å². The molecule has 4 saturated carbocycles. The van der Waals surface area contributed by atoms with Gasteiger partial charge in [0.15, 0.2) is 0 Å². The van der Waals surface area contributed by atoms with E-state index in [4.69, 9.17) is 4.74 Å². The largest absolute Gasteiger partial charge is 0.464 e. The van der Waals surface area contributed by atoms with E-state index in [1.165, 1.54) is 12.8 Å². The van der Waals surface area contributed by atoms with Crippen LogP contribution < -0.4 is 5.32 Å². The van der Waals surface area contributed by atoms with Crippen molar-refractivity contribution >= 4 is 11.8 Å². The molecule has 5 rings (SSSR count). The Kier molecular flexibility index (Phi) is 5.33. The van der Waals surface area contributed by atoms with Gasteiger partial charge in [0.05, 0.1) is 5.41 Å². The second-order valence-corrected chi connectivity index (χ2v) is 12.4. The van der Waals surface area contributed by atoms with Crippen molar-refractivity contribution in [2.75, 3.05) is 39.3 Å². The van der Waals surface area contributed by atoms with E-state index < -0.39 is 0 Å². The molecule has 1 heterocycles. The lowest BCUT2D eigenvalue weighted by Crippen LogP contribution is -2.59. The molecule has 5 nitrogen and oxygen atoms in total. The zero-order valence-electron chi connectivity index (χ0n) is 19.9. The fourth-order valence-corrected chi connectivity index (χ4v) is 9.12. The van der Waals surface area contributed by atoms with E-state index in [2.05, 4.69) is 31.0 Å². The van der Waals surface area contributed by atoms with E-state index in [0.717, 1.165) is 77.7 Å². The number of nitrogens with zero attached hydrogens (tertiary/aromatic N) is 1. The van der Waals surface area contributed by atoms with Gasteiger partial charge in [-0.3, -0.25) is 14.5 Å². The summed E-state index contributed by atoms with van der Waals surface area (Å²) in [6.45, 7) is 12.4. The Morgan fingerprint density at radius 3 is 2.58 bits per heavy atom. The molecule has 0 aromatic rings. The minimum atomic E-state index is -0.374. The number of carbonyl (C=O) groups excluding carboxylic acids is 2. The molecule has 0 unspecified atom stereocenters. The summed E-state index contributed by atoms with van der Waals surface area (Å²) in [7, 11) is 0. The van der Waals surface area contributed by atoms with Crippen LogP contribution in [0.25, 0.3) is 0 Å². The summed E-state index contributed by atoms with van der Waals surface area (Å²) in [5.74, 6) is 1.53. The van der Waals surface area contributed by atoms with Crippen LogP contribution in [0.2, 0.25) is 0 Å². The molecule has 2 bridgehead atoms. The lowest BCUT2D eigenvalue weighted by atomic mass is 9.40. The van der Waals surface area contributed by atoms with Crippen LogP contribution in [0.4, 0.5) is 0 Å². The van der Waals surface area contributed by atoms with Gasteiger partial charge in [0.2, 0.25) is 0 Å². The van der Waals surface area contributed by atoms with Crippen LogP contribution in [-0.2, 0) is 14.3 Å². The summed E-state index contributed by atoms with van der Waals surface area (Å²) in [6, 6.07) is 0. The molecule has 6 atom stereocenters. The summed E-state index contributed by atoms with van der Waals surface area (Å²) in [4.78, 5) is 28.8. The minimum absolute atomic E-state index is 0.0395. The number of fused-ring (bicyclic) bond motifs is 3. The standard InChI is InChI=1S/C26H42N2O3/c1-23-9-5-20-24(2)7-4-8-25(3,19(24)6-10-26(20,18-23)17-21(23)29)22(30)31-16-15-28-13-11-27-12-14-28/h19-20,27H,4-18H2,1-3H3/t19-,20-,23-,24+,25+,26-/m0/s1. The van der Waals surface area contributed by atoms with Crippen LogP contribution in [0.3, 0.4) is 0 Å². The lowest BCUT2D eigenvalue weighted by Gasteiger charge is -2.63. The third-order valence-corrected chi connectivity index (χ3v) is 10.7. The van der Waals surface area contributed by atoms with Crippen molar-refractivity contribution in [3.63, 3.8) is 0 Å². The molecule has 0 aromatic heterocycles. The Bertz CT molecular complexity index is 749. The number of esters is 1. The highest BCUT2D eigenvalue weighted by molar-refractivity contribution is 5.88. The molecule has 5 heteroatoms. The highest BCUT2D eigenvalue weighted by Crippen LogP contribution is 2.73. The average Bonchev–Trinajstić information content (AvgIpc) is 2.92. The summed E-state index contributed by atoms with van der Waals surface area (Å²) in [6.07, 6.45) is 9.58. The molecular weight excluding hydrogens is 388 g/mol. The van der Waals surface area contributed by atoms with Gasteiger partial charge in [-0.2, -0.15) is 0 Å². The zero-order valence-corrected chi connectivity index (χ0v) is 19.9. The fourth-order valence-electron chi connectivity index (χ4n) is 9.12. The van der Waals surface area contributed by atoms with Gasteiger partial charge in [-0.05, 0) is 74.5 Å². The van der Waals surface area contributed by atoms with Crippen molar-refractivity contribution in [2.45, 2.75) is 78.6 Å². The van der Waals surface area contributed by atoms with Crippen molar-refractivity contribution in [1.29, 1.82) is 0 Å². The van der Waals surface area contributed by atoms with Gasteiger partial charge in [0.1, 0.15) is 12.4 Å². The van der Waals surface area contributed by atoms with E-state index in [0.29, 0.717) is 24.2 Å². The van der Waals surface area contributed by atoms with E-state index in [1.54, 1.807) is 0 Å². The third kappa shape index (κ3) is 3.32. The SMILES string of the molecule is C[C@@]12CC[C@@H]3[C@@](CC[C@H]4[C@@]3(C)CCC[C@@]4(C)C(=O)OCCN3CCNCC3)(CC1=O)C2. The summed E-state index contributed by atoms with van der Waals surface area (Å²) >= 11 is 0. The van der Waals surface area contributed by atoms with Crippen molar-refractivity contribution in [2.24, 2.45) is 33.5 Å². The average molecular weight is 431 g/mol. The van der Waals surface area contributed by atoms with Gasteiger partial charge in [0, 0.05) is 44.6 Å². The molecule has 174 valence electrons. The second kappa shape index (κ2) is 7.55. The number of ether oxygens (including phenoxy) is 1. The number of Topliss-reactive ketones (excluding diaryl/α,β-unsaturated/α-hetero) is 1. The first-order valence-corrected chi connectivity index (χ1v) is 12.9. The first kappa shape index (κ1) is 21.9. The summed E-state index contributed by atoms with van der Waals surface area (Å²) < 4.78 is 5.95. The van der Waals surface area contributed by atoms with E-state index in [9.17, 15) is 9.59 Å². The Morgan fingerprint density at radius 1 is 1.06 bits per heavy atom. The Labute approximate surface area is 188 Å². The van der Waals surface area contributed by atoms with Gasteiger partial charge < -0.3 is 10.1 Å². The Balaban J connectivity index is 1.31. The number of hydrogen-bond donors (Lipinski definition) is 1. The zero-order chi connectivity index (χ0) is 21.9. The van der Waals surface area contributed by atoms with Crippen molar-refractivity contribution < 1.29 is 14.3 Å². The van der Waals surface area contributed by atoms with Crippen molar-refractivity contribution in [1.82, 2.24) is 10.2 Å². The number of nitrogens with one attached hydrogen (secondary N) is 1. The lowest BCUT2D eigenvalue weighted by molar-refractivity contribution is -0.188. The molecule has 0 amide bonds. The second-order valence-electron chi connectivity index (χ2n) is 12.4. The predicted molar refractivity (Wildman–Crippen MR) is 121 cm³/mol. The van der Waals surface area contributed by atoms with E-state index in [-0.39, 0.29) is 27.6 Å². The molecule has 1 aliphatic heterocycles. The predicted octanol–water partition coefficient (Wildman–Crippen LogP) is 3.81. The summed E-state index contributed by atoms with van der Waals surface area (Å²) in [5, 5.41) is 3.37. The number of rotatable bonds is 4.